The van der Waals surface area contributed by atoms with Gasteiger partial charge in [-0.25, -0.2) is 10.0 Å². The first-order valence-corrected chi connectivity index (χ1v) is 6.42. The number of carbonyl (C=O) groups is 2. The second-order valence-corrected chi connectivity index (χ2v) is 4.49. The number of amides is 2. The van der Waals surface area contributed by atoms with Crippen LogP contribution in [0.2, 0.25) is 0 Å². The lowest BCUT2D eigenvalue weighted by Crippen LogP contribution is -2.43. The zero-order chi connectivity index (χ0) is 16.3. The van der Waals surface area contributed by atoms with E-state index in [0.29, 0.717) is 0 Å². The number of alkyl halides is 3. The highest BCUT2D eigenvalue weighted by Gasteiger charge is 2.39. The molecule has 0 bridgehead atoms. The van der Waals surface area contributed by atoms with Crippen LogP contribution >= 0.6 is 0 Å². The Labute approximate surface area is 123 Å². The van der Waals surface area contributed by atoms with Crippen molar-refractivity contribution in [3.63, 3.8) is 0 Å². The summed E-state index contributed by atoms with van der Waals surface area (Å²) in [5, 5.41) is 10.5. The molecule has 0 saturated carbocycles. The quantitative estimate of drug-likeness (QED) is 0.591. The van der Waals surface area contributed by atoms with E-state index in [1.54, 1.807) is 0 Å². The van der Waals surface area contributed by atoms with Gasteiger partial charge >= 0.3 is 6.18 Å². The molecule has 7 nitrogen and oxygen atoms in total. The number of anilines is 1. The van der Waals surface area contributed by atoms with E-state index in [-0.39, 0.29) is 32.2 Å². The van der Waals surface area contributed by atoms with Crippen molar-refractivity contribution >= 4 is 17.6 Å². The largest absolute Gasteiger partial charge is 0.431 e. The van der Waals surface area contributed by atoms with E-state index in [4.69, 9.17) is 9.84 Å². The number of nitrogens with zero attached hydrogens (tertiary/aromatic N) is 2. The fourth-order valence-corrected chi connectivity index (χ4v) is 2.02. The Morgan fingerprint density at radius 3 is 2.55 bits per heavy atom. The van der Waals surface area contributed by atoms with Crippen molar-refractivity contribution in [2.45, 2.75) is 12.6 Å². The van der Waals surface area contributed by atoms with Crippen molar-refractivity contribution in [3.05, 3.63) is 17.8 Å². The summed E-state index contributed by atoms with van der Waals surface area (Å²) < 4.78 is 42.8. The monoisotopic (exact) mass is 321 g/mol. The maximum Gasteiger partial charge on any atom is 0.431 e. The van der Waals surface area contributed by atoms with Gasteiger partial charge in [0.25, 0.3) is 11.8 Å². The first kappa shape index (κ1) is 16.3. The minimum Gasteiger partial charge on any atom is -0.394 e. The number of aliphatic hydroxyl groups is 1. The predicted octanol–water partition coefficient (Wildman–Crippen LogP) is 0.523. The van der Waals surface area contributed by atoms with Crippen LogP contribution < -0.4 is 5.01 Å². The molecule has 0 spiro atoms. The molecule has 1 aliphatic rings. The number of aliphatic hydroxyl groups excluding tert-OH is 1. The Bertz CT molecular complexity index is 558. The Kier molecular flexibility index (Phi) is 4.71. The minimum absolute atomic E-state index is 0.00898. The second-order valence-electron chi connectivity index (χ2n) is 4.49. The Morgan fingerprint density at radius 2 is 1.95 bits per heavy atom. The van der Waals surface area contributed by atoms with Crippen LogP contribution in [0.1, 0.15) is 12.1 Å². The Morgan fingerprint density at radius 1 is 1.23 bits per heavy atom. The van der Waals surface area contributed by atoms with Crippen molar-refractivity contribution in [1.29, 1.82) is 0 Å². The van der Waals surface area contributed by atoms with E-state index in [2.05, 4.69) is 4.98 Å². The van der Waals surface area contributed by atoms with Crippen LogP contribution in [-0.2, 0) is 20.5 Å². The molecule has 2 rings (SSSR count). The van der Waals surface area contributed by atoms with Crippen molar-refractivity contribution in [3.8, 4) is 0 Å². The van der Waals surface area contributed by atoms with Gasteiger partial charge in [0.15, 0.2) is 0 Å². The molecular weight excluding hydrogens is 307 g/mol. The summed E-state index contributed by atoms with van der Waals surface area (Å²) in [6.45, 7) is -0.0906. The van der Waals surface area contributed by atoms with E-state index in [9.17, 15) is 22.8 Å². The fraction of sp³-hybridized carbons (Fsp3) is 0.500. The van der Waals surface area contributed by atoms with E-state index < -0.39 is 30.1 Å². The van der Waals surface area contributed by atoms with E-state index in [1.165, 1.54) is 0 Å². The lowest BCUT2D eigenvalue weighted by molar-refractivity contribution is -0.140. The van der Waals surface area contributed by atoms with Gasteiger partial charge in [-0.1, -0.05) is 0 Å². The number of hydrogen-bond donors (Lipinski definition) is 2. The van der Waals surface area contributed by atoms with Gasteiger partial charge in [0.1, 0.15) is 17.9 Å². The molecule has 0 radical (unpaired) electrons. The Balaban J connectivity index is 2.13. The molecule has 10 heteroatoms. The Hall–Kier alpha value is -2.07. The zero-order valence-corrected chi connectivity index (χ0v) is 11.4. The highest BCUT2D eigenvalue weighted by atomic mass is 19.4. The molecule has 0 unspecified atom stereocenters. The molecule has 2 N–H and O–H groups in total. The van der Waals surface area contributed by atoms with Crippen LogP contribution in [-0.4, -0.2) is 53.3 Å². The van der Waals surface area contributed by atoms with E-state index in [0.717, 1.165) is 22.2 Å². The summed E-state index contributed by atoms with van der Waals surface area (Å²) >= 11 is 0. The third-order valence-corrected chi connectivity index (χ3v) is 2.96. The number of hydrazine groups is 1. The molecule has 22 heavy (non-hydrogen) atoms. The van der Waals surface area contributed by atoms with Crippen LogP contribution in [0.4, 0.5) is 19.0 Å². The SMILES string of the molecule is O=C1CC(=O)N(c2ccc(C(F)(F)F)[nH]2)N1CCOCCO. The van der Waals surface area contributed by atoms with Crippen LogP contribution in [0.25, 0.3) is 0 Å². The number of carbonyl (C=O) groups excluding carboxylic acids is 2. The van der Waals surface area contributed by atoms with Crippen LogP contribution in [0.3, 0.4) is 0 Å². The van der Waals surface area contributed by atoms with Gasteiger partial charge in [-0.3, -0.25) is 9.59 Å². The van der Waals surface area contributed by atoms with Crippen LogP contribution in [0, 0.1) is 0 Å². The normalized spacial score (nSPS) is 16.0. The number of halogens is 3. The van der Waals surface area contributed by atoms with Crippen LogP contribution in [0.5, 0.6) is 0 Å². The first-order chi connectivity index (χ1) is 10.3. The van der Waals surface area contributed by atoms with Gasteiger partial charge in [-0.15, -0.1) is 0 Å². The standard InChI is InChI=1S/C12H14F3N3O4/c13-12(14,15)8-1-2-9(16-8)18-11(21)7-10(20)17(18)3-5-22-6-4-19/h1-2,16,19H,3-7H2. The summed E-state index contributed by atoms with van der Waals surface area (Å²) in [4.78, 5) is 25.7. The van der Waals surface area contributed by atoms with Gasteiger partial charge in [0.05, 0.1) is 26.4 Å². The van der Waals surface area contributed by atoms with E-state index >= 15 is 0 Å². The molecule has 1 aromatic heterocycles. The maximum absolute atomic E-state index is 12.6. The number of rotatable bonds is 6. The second kappa shape index (κ2) is 6.36. The maximum atomic E-state index is 12.6. The highest BCUT2D eigenvalue weighted by Crippen LogP contribution is 2.31. The van der Waals surface area contributed by atoms with Gasteiger partial charge in [0, 0.05) is 0 Å². The molecule has 0 atom stereocenters. The molecule has 0 aliphatic carbocycles. The average Bonchev–Trinajstić information content (AvgIpc) is 2.99. The molecule has 1 fully saturated rings. The zero-order valence-electron chi connectivity index (χ0n) is 11.4. The molecule has 1 saturated heterocycles. The summed E-state index contributed by atoms with van der Waals surface area (Å²) in [5.41, 5.74) is -1.01. The number of nitrogens with one attached hydrogen (secondary N) is 1. The number of H-pyrrole nitrogens is 1. The lowest BCUT2D eigenvalue weighted by Gasteiger charge is -2.26. The smallest absolute Gasteiger partial charge is 0.394 e. The van der Waals surface area contributed by atoms with Gasteiger partial charge in [-0.05, 0) is 12.1 Å². The summed E-state index contributed by atoms with van der Waals surface area (Å²) in [5.74, 6) is -1.28. The van der Waals surface area contributed by atoms with Crippen molar-refractivity contribution in [1.82, 2.24) is 9.99 Å². The predicted molar refractivity (Wildman–Crippen MR) is 67.5 cm³/mol. The third kappa shape index (κ3) is 3.39. The fourth-order valence-electron chi connectivity index (χ4n) is 2.02. The summed E-state index contributed by atoms with van der Waals surface area (Å²) in [6.07, 6.45) is -4.99. The third-order valence-electron chi connectivity index (χ3n) is 2.96. The average molecular weight is 321 g/mol. The first-order valence-electron chi connectivity index (χ1n) is 6.42. The summed E-state index contributed by atoms with van der Waals surface area (Å²) in [7, 11) is 0. The molecule has 2 amide bonds. The number of aromatic amines is 1. The number of ether oxygens (including phenoxy) is 1. The summed E-state index contributed by atoms with van der Waals surface area (Å²) in [6, 6.07) is 1.88. The molecule has 1 aliphatic heterocycles. The highest BCUT2D eigenvalue weighted by molar-refractivity contribution is 6.11. The molecule has 1 aromatic rings. The molecule has 122 valence electrons. The van der Waals surface area contributed by atoms with Gasteiger partial charge < -0.3 is 14.8 Å². The topological polar surface area (TPSA) is 85.9 Å². The molecule has 0 aromatic carbocycles. The van der Waals surface area contributed by atoms with Crippen molar-refractivity contribution in [2.24, 2.45) is 0 Å². The van der Waals surface area contributed by atoms with Crippen molar-refractivity contribution < 1.29 is 32.6 Å². The number of aromatic nitrogens is 1. The molecule has 2 heterocycles. The lowest BCUT2D eigenvalue weighted by atomic mass is 10.4. The molecular formula is C12H14F3N3O4. The van der Waals surface area contributed by atoms with E-state index in [1.807, 2.05) is 0 Å². The van der Waals surface area contributed by atoms with Crippen LogP contribution in [0.15, 0.2) is 12.1 Å². The van der Waals surface area contributed by atoms with Crippen molar-refractivity contribution in [2.75, 3.05) is 31.4 Å². The number of hydrogen-bond acceptors (Lipinski definition) is 4. The van der Waals surface area contributed by atoms with Gasteiger partial charge in [-0.2, -0.15) is 13.2 Å². The van der Waals surface area contributed by atoms with Gasteiger partial charge in [0.2, 0.25) is 0 Å². The minimum atomic E-state index is -4.57.